The molecule has 5 nitrogen and oxygen atoms in total. The normalized spacial score (nSPS) is 18.4. The number of halogens is 1. The van der Waals surface area contributed by atoms with Crippen LogP contribution in [0.4, 0.5) is 0 Å². The minimum Gasteiger partial charge on any atom is -0.508 e. The second kappa shape index (κ2) is 4.44. The summed E-state index contributed by atoms with van der Waals surface area (Å²) >= 11 is 5.99. The van der Waals surface area contributed by atoms with Gasteiger partial charge in [-0.1, -0.05) is 11.6 Å². The van der Waals surface area contributed by atoms with E-state index < -0.39 is 0 Å². The summed E-state index contributed by atoms with van der Waals surface area (Å²) in [6, 6.07) is 3.26. The van der Waals surface area contributed by atoms with Gasteiger partial charge >= 0.3 is 0 Å². The van der Waals surface area contributed by atoms with E-state index in [-0.39, 0.29) is 33.9 Å². The van der Waals surface area contributed by atoms with Gasteiger partial charge in [0.05, 0.1) is 5.02 Å². The molecule has 0 radical (unpaired) electrons. The van der Waals surface area contributed by atoms with Crippen molar-refractivity contribution in [2.45, 2.75) is 19.4 Å². The van der Waals surface area contributed by atoms with Gasteiger partial charge in [-0.2, -0.15) is 0 Å². The minimum absolute atomic E-state index is 0.0762. The van der Waals surface area contributed by atoms with Gasteiger partial charge in [0.25, 0.3) is 0 Å². The summed E-state index contributed by atoms with van der Waals surface area (Å²) in [5.74, 6) is 0.246. The van der Waals surface area contributed by atoms with Gasteiger partial charge in [0, 0.05) is 35.7 Å². The van der Waals surface area contributed by atoms with Gasteiger partial charge in [0.2, 0.25) is 5.75 Å². The molecular formula is C16H14ClNO4. The SMILES string of the molecule is Cc1cc(O)c2c3c1Oc1c(cc(Cl)c(O)c1O)C3CNC2. The van der Waals surface area contributed by atoms with Gasteiger partial charge in [-0.3, -0.25) is 0 Å². The average molecular weight is 320 g/mol. The van der Waals surface area contributed by atoms with Gasteiger partial charge < -0.3 is 25.4 Å². The second-order valence-corrected chi connectivity index (χ2v) is 6.10. The molecule has 0 saturated carbocycles. The summed E-state index contributed by atoms with van der Waals surface area (Å²) in [5.41, 5.74) is 3.20. The van der Waals surface area contributed by atoms with Gasteiger partial charge in [-0.05, 0) is 24.6 Å². The number of rotatable bonds is 0. The fourth-order valence-electron chi connectivity index (χ4n) is 3.34. The van der Waals surface area contributed by atoms with Crippen molar-refractivity contribution in [1.82, 2.24) is 5.32 Å². The molecule has 2 heterocycles. The van der Waals surface area contributed by atoms with Gasteiger partial charge in [-0.15, -0.1) is 0 Å². The number of aryl methyl sites for hydroxylation is 1. The van der Waals surface area contributed by atoms with Gasteiger partial charge in [-0.25, -0.2) is 0 Å². The van der Waals surface area contributed by atoms with Crippen LogP contribution in [0.2, 0.25) is 5.02 Å². The molecule has 0 fully saturated rings. The molecule has 0 spiro atoms. The van der Waals surface area contributed by atoms with E-state index in [0.717, 1.165) is 16.7 Å². The van der Waals surface area contributed by atoms with Crippen LogP contribution >= 0.6 is 11.6 Å². The van der Waals surface area contributed by atoms with Crippen LogP contribution in [0.15, 0.2) is 12.1 Å². The number of aromatic hydroxyl groups is 3. The monoisotopic (exact) mass is 319 g/mol. The van der Waals surface area contributed by atoms with Crippen LogP contribution in [0.5, 0.6) is 28.7 Å². The molecule has 22 heavy (non-hydrogen) atoms. The zero-order valence-electron chi connectivity index (χ0n) is 11.8. The molecular weight excluding hydrogens is 306 g/mol. The highest BCUT2D eigenvalue weighted by molar-refractivity contribution is 6.32. The Kier molecular flexibility index (Phi) is 2.74. The van der Waals surface area contributed by atoms with Crippen molar-refractivity contribution in [2.75, 3.05) is 6.54 Å². The standard InChI is InChI=1S/C16H14ClNO4/c1-6-2-11(19)9-5-18-4-8-7-3-10(17)13(20)14(21)16(7)22-15(6)12(8)9/h2-3,8,18-21H,4-5H2,1H3. The molecule has 1 atom stereocenters. The maximum absolute atomic E-state index is 10.2. The number of phenolic OH excluding ortho intramolecular Hbond substituents is 3. The molecule has 6 heteroatoms. The molecule has 0 saturated heterocycles. The summed E-state index contributed by atoms with van der Waals surface area (Å²) in [7, 11) is 0. The van der Waals surface area contributed by atoms with Crippen molar-refractivity contribution >= 4 is 11.6 Å². The van der Waals surface area contributed by atoms with Crippen LogP contribution < -0.4 is 10.1 Å². The fourth-order valence-corrected chi connectivity index (χ4v) is 3.55. The number of fused-ring (bicyclic) bond motifs is 2. The predicted octanol–water partition coefficient (Wildman–Crippen LogP) is 3.11. The Morgan fingerprint density at radius 2 is 1.95 bits per heavy atom. The molecule has 2 aliphatic rings. The third-order valence-corrected chi connectivity index (χ3v) is 4.67. The third-order valence-electron chi connectivity index (χ3n) is 4.38. The molecule has 114 valence electrons. The minimum atomic E-state index is -0.385. The van der Waals surface area contributed by atoms with E-state index in [9.17, 15) is 15.3 Å². The van der Waals surface area contributed by atoms with E-state index in [1.54, 1.807) is 12.1 Å². The van der Waals surface area contributed by atoms with Crippen LogP contribution in [0.1, 0.15) is 28.2 Å². The lowest BCUT2D eigenvalue weighted by molar-refractivity contribution is 0.354. The number of ether oxygens (including phenoxy) is 1. The fraction of sp³-hybridized carbons (Fsp3) is 0.250. The zero-order valence-corrected chi connectivity index (χ0v) is 12.5. The summed E-state index contributed by atoms with van der Waals surface area (Å²) < 4.78 is 5.87. The lowest BCUT2D eigenvalue weighted by Gasteiger charge is -2.35. The van der Waals surface area contributed by atoms with Crippen LogP contribution in [-0.2, 0) is 6.54 Å². The third kappa shape index (κ3) is 1.63. The van der Waals surface area contributed by atoms with Gasteiger partial charge in [0.15, 0.2) is 11.5 Å². The molecule has 0 aromatic heterocycles. The molecule has 4 rings (SSSR count). The first-order valence-electron chi connectivity index (χ1n) is 6.97. The highest BCUT2D eigenvalue weighted by Gasteiger charge is 2.37. The van der Waals surface area contributed by atoms with E-state index in [0.29, 0.717) is 24.4 Å². The van der Waals surface area contributed by atoms with Crippen LogP contribution in [0, 0.1) is 6.92 Å². The zero-order chi connectivity index (χ0) is 15.6. The molecule has 0 bridgehead atoms. The molecule has 2 aromatic rings. The lowest BCUT2D eigenvalue weighted by atomic mass is 9.81. The van der Waals surface area contributed by atoms with E-state index in [1.165, 1.54) is 0 Å². The average Bonchev–Trinajstić information content (AvgIpc) is 2.50. The summed E-state index contributed by atoms with van der Waals surface area (Å²) in [6.45, 7) is 3.04. The molecule has 0 aliphatic carbocycles. The quantitative estimate of drug-likeness (QED) is 0.561. The first-order chi connectivity index (χ1) is 10.5. The number of benzene rings is 2. The summed E-state index contributed by atoms with van der Waals surface area (Å²) in [6.07, 6.45) is 0. The van der Waals surface area contributed by atoms with Crippen molar-refractivity contribution in [1.29, 1.82) is 0 Å². The largest absolute Gasteiger partial charge is 0.508 e. The van der Waals surface area contributed by atoms with Crippen LogP contribution in [0.3, 0.4) is 0 Å². The maximum Gasteiger partial charge on any atom is 0.203 e. The van der Waals surface area contributed by atoms with Crippen molar-refractivity contribution in [3.05, 3.63) is 39.4 Å². The Hall–Kier alpha value is -2.11. The van der Waals surface area contributed by atoms with Crippen molar-refractivity contribution < 1.29 is 20.1 Å². The topological polar surface area (TPSA) is 82.0 Å². The van der Waals surface area contributed by atoms with E-state index in [1.807, 2.05) is 6.92 Å². The molecule has 2 aromatic carbocycles. The number of hydrogen-bond donors (Lipinski definition) is 4. The Morgan fingerprint density at radius 3 is 2.73 bits per heavy atom. The molecule has 2 aliphatic heterocycles. The number of hydrogen-bond acceptors (Lipinski definition) is 5. The first kappa shape index (κ1) is 13.5. The highest BCUT2D eigenvalue weighted by Crippen LogP contribution is 2.56. The Balaban J connectivity index is 2.04. The van der Waals surface area contributed by atoms with Crippen molar-refractivity contribution in [2.24, 2.45) is 0 Å². The molecule has 0 amide bonds. The van der Waals surface area contributed by atoms with Crippen LogP contribution in [0.25, 0.3) is 0 Å². The van der Waals surface area contributed by atoms with E-state index in [4.69, 9.17) is 16.3 Å². The predicted molar refractivity (Wildman–Crippen MR) is 81.2 cm³/mol. The van der Waals surface area contributed by atoms with Gasteiger partial charge in [0.1, 0.15) is 11.5 Å². The van der Waals surface area contributed by atoms with E-state index >= 15 is 0 Å². The second-order valence-electron chi connectivity index (χ2n) is 5.69. The Labute approximate surface area is 131 Å². The van der Waals surface area contributed by atoms with Crippen LogP contribution in [-0.4, -0.2) is 21.9 Å². The van der Waals surface area contributed by atoms with Crippen molar-refractivity contribution in [3.63, 3.8) is 0 Å². The summed E-state index contributed by atoms with van der Waals surface area (Å²) in [5, 5.41) is 33.5. The Bertz CT molecular complexity index is 819. The molecule has 1 unspecified atom stereocenters. The van der Waals surface area contributed by atoms with E-state index in [2.05, 4.69) is 5.32 Å². The van der Waals surface area contributed by atoms with Crippen molar-refractivity contribution in [3.8, 4) is 28.7 Å². The Morgan fingerprint density at radius 1 is 1.18 bits per heavy atom. The summed E-state index contributed by atoms with van der Waals surface area (Å²) in [4.78, 5) is 0. The first-order valence-corrected chi connectivity index (χ1v) is 7.35. The maximum atomic E-state index is 10.2. The number of nitrogens with one attached hydrogen (secondary N) is 1. The number of phenols is 3. The smallest absolute Gasteiger partial charge is 0.203 e. The molecule has 4 N–H and O–H groups in total. The lowest BCUT2D eigenvalue weighted by Crippen LogP contribution is -2.31. The highest BCUT2D eigenvalue weighted by atomic mass is 35.5.